The Morgan fingerprint density at radius 2 is 1.45 bits per heavy atom. The molecule has 0 saturated carbocycles. The van der Waals surface area contributed by atoms with E-state index in [-0.39, 0.29) is 87.2 Å². The number of anilines is 1. The lowest BCUT2D eigenvalue weighted by molar-refractivity contribution is -0.271. The number of ketones is 1. The minimum Gasteiger partial charge on any atom is -0.481 e. The van der Waals surface area contributed by atoms with E-state index in [9.17, 15) is 68.7 Å². The van der Waals surface area contributed by atoms with Crippen LogP contribution in [0.3, 0.4) is 0 Å². The molecule has 64 heavy (non-hydrogen) atoms. The van der Waals surface area contributed by atoms with Gasteiger partial charge in [0.25, 0.3) is 0 Å². The number of carboxylic acid groups (broad SMARTS) is 2. The molecule has 2 rings (SSSR count). The molecule has 1 fully saturated rings. The maximum atomic E-state index is 14.0. The quantitative estimate of drug-likeness (QED) is 0.0350. The molecular weight excluding hydrogens is 852 g/mol. The predicted molar refractivity (Wildman–Crippen MR) is 220 cm³/mol. The van der Waals surface area contributed by atoms with Gasteiger partial charge in [0.2, 0.25) is 29.9 Å². The fourth-order valence-corrected chi connectivity index (χ4v) is 5.91. The monoisotopic (exact) mass is 912 g/mol. The molecule has 1 aromatic rings. The Hall–Kier alpha value is -5.95. The Kier molecular flexibility index (Phi) is 22.5. The van der Waals surface area contributed by atoms with Crippen LogP contribution in [-0.4, -0.2) is 147 Å². The third-order valence-corrected chi connectivity index (χ3v) is 9.56. The van der Waals surface area contributed by atoms with Crippen LogP contribution in [-0.2, 0) is 59.2 Å². The van der Waals surface area contributed by atoms with E-state index in [1.54, 1.807) is 27.7 Å². The first kappa shape index (κ1) is 54.2. The average molecular weight is 913 g/mol. The second-order valence-electron chi connectivity index (χ2n) is 15.5. The predicted octanol–water partition coefficient (Wildman–Crippen LogP) is -1.60. The van der Waals surface area contributed by atoms with Crippen molar-refractivity contribution >= 4 is 59.0 Å². The summed E-state index contributed by atoms with van der Waals surface area (Å²) in [5.41, 5.74) is 5.26. The zero-order valence-corrected chi connectivity index (χ0v) is 36.2. The van der Waals surface area contributed by atoms with Crippen LogP contribution in [0.5, 0.6) is 5.75 Å². The van der Waals surface area contributed by atoms with Crippen molar-refractivity contribution in [2.24, 2.45) is 17.6 Å². The lowest BCUT2D eigenvalue weighted by Gasteiger charge is -2.38. The molecule has 24 nitrogen and oxygen atoms in total. The van der Waals surface area contributed by atoms with Gasteiger partial charge in [0.1, 0.15) is 54.6 Å². The number of carbonyl (C=O) groups excluding carboxylic acids is 7. The summed E-state index contributed by atoms with van der Waals surface area (Å²) in [6.07, 6.45) is -11.2. The highest BCUT2D eigenvalue weighted by Gasteiger charge is 2.48. The normalized spacial score (nSPS) is 19.6. The number of urea groups is 1. The van der Waals surface area contributed by atoms with Crippen molar-refractivity contribution in [1.29, 1.82) is 0 Å². The van der Waals surface area contributed by atoms with E-state index in [0.29, 0.717) is 0 Å². The summed E-state index contributed by atoms with van der Waals surface area (Å²) in [5.74, 6) is -8.18. The van der Waals surface area contributed by atoms with Crippen LogP contribution in [0, 0.1) is 11.8 Å². The fourth-order valence-electron chi connectivity index (χ4n) is 5.91. The maximum absolute atomic E-state index is 14.0. The number of amides is 6. The van der Waals surface area contributed by atoms with Crippen LogP contribution in [0.1, 0.15) is 78.7 Å². The first-order chi connectivity index (χ1) is 30.0. The van der Waals surface area contributed by atoms with Gasteiger partial charge in [-0.3, -0.25) is 33.6 Å². The third-order valence-electron chi connectivity index (χ3n) is 9.56. The van der Waals surface area contributed by atoms with Gasteiger partial charge in [0, 0.05) is 38.6 Å². The number of Topliss-reactive ketones (excluding diaryl/α,β-unsaturated/α-hetero) is 1. The molecule has 24 heteroatoms. The van der Waals surface area contributed by atoms with Gasteiger partial charge in [-0.05, 0) is 42.9 Å². The number of primary amides is 1. The smallest absolute Gasteiger partial charge is 0.335 e. The van der Waals surface area contributed by atoms with E-state index >= 15 is 0 Å². The molecule has 0 unspecified atom stereocenters. The zero-order chi connectivity index (χ0) is 48.3. The van der Waals surface area contributed by atoms with Gasteiger partial charge in [-0.15, -0.1) is 0 Å². The molecule has 1 aromatic carbocycles. The summed E-state index contributed by atoms with van der Waals surface area (Å²) in [6, 6.07) is -1.17. The highest BCUT2D eigenvalue weighted by Crippen LogP contribution is 2.31. The van der Waals surface area contributed by atoms with Gasteiger partial charge in [0.05, 0.1) is 18.9 Å². The van der Waals surface area contributed by atoms with Gasteiger partial charge in [-0.2, -0.15) is 0 Å². The number of benzene rings is 1. The zero-order valence-electron chi connectivity index (χ0n) is 36.2. The van der Waals surface area contributed by atoms with Crippen molar-refractivity contribution in [1.82, 2.24) is 21.3 Å². The van der Waals surface area contributed by atoms with Gasteiger partial charge < -0.3 is 76.8 Å². The van der Waals surface area contributed by atoms with Crippen molar-refractivity contribution in [2.75, 3.05) is 25.1 Å². The van der Waals surface area contributed by atoms with E-state index in [4.69, 9.17) is 24.7 Å². The molecule has 6 amide bonds. The SMILES string of the molecule is CC(=O)OCc1ccc(NC(=O)[C@H](CCCNC(N)=O)NC(=O)[C@@H](NC(=O)[C@H](CCC(=O)O)NC(=O)CCOCCC(=O)C(C)C)C(C)C)c(O[C@@H]2O[C@H](C(=O)O)[C@@H](O)[C@H](O)[C@H]2O)c1. The number of aliphatic carboxylic acids is 2. The van der Waals surface area contributed by atoms with E-state index in [0.717, 1.165) is 6.92 Å². The molecule has 1 heterocycles. The summed E-state index contributed by atoms with van der Waals surface area (Å²) in [5, 5.41) is 62.3. The number of aliphatic hydroxyl groups excluding tert-OH is 3. The van der Waals surface area contributed by atoms with Crippen molar-refractivity contribution < 1.29 is 87.6 Å². The second kappa shape index (κ2) is 26.6. The maximum Gasteiger partial charge on any atom is 0.335 e. The number of hydrogen-bond donors (Lipinski definition) is 11. The molecule has 8 atom stereocenters. The molecule has 0 spiro atoms. The van der Waals surface area contributed by atoms with Crippen molar-refractivity contribution in [2.45, 2.75) is 129 Å². The number of ether oxygens (including phenoxy) is 4. The number of rotatable bonds is 27. The molecular formula is C40H60N6O18. The van der Waals surface area contributed by atoms with Crippen LogP contribution >= 0.6 is 0 Å². The Labute approximate surface area is 368 Å². The highest BCUT2D eigenvalue weighted by molar-refractivity contribution is 6.00. The summed E-state index contributed by atoms with van der Waals surface area (Å²) in [7, 11) is 0. The lowest BCUT2D eigenvalue weighted by Crippen LogP contribution is -2.61. The number of hydrogen-bond acceptors (Lipinski definition) is 16. The lowest BCUT2D eigenvalue weighted by atomic mass is 9.99. The molecule has 0 radical (unpaired) electrons. The average Bonchev–Trinajstić information content (AvgIpc) is 3.21. The molecule has 358 valence electrons. The summed E-state index contributed by atoms with van der Waals surface area (Å²) in [6.45, 7) is 7.39. The molecule has 0 aliphatic carbocycles. The first-order valence-corrected chi connectivity index (χ1v) is 20.4. The molecule has 0 aromatic heterocycles. The molecule has 1 aliphatic rings. The summed E-state index contributed by atoms with van der Waals surface area (Å²) >= 11 is 0. The summed E-state index contributed by atoms with van der Waals surface area (Å²) < 4.78 is 21.3. The van der Waals surface area contributed by atoms with Crippen molar-refractivity contribution in [3.05, 3.63) is 23.8 Å². The van der Waals surface area contributed by atoms with Gasteiger partial charge in [-0.1, -0.05) is 33.8 Å². The highest BCUT2D eigenvalue weighted by atomic mass is 16.7. The number of carboxylic acids is 2. The molecule has 12 N–H and O–H groups in total. The van der Waals surface area contributed by atoms with Crippen molar-refractivity contribution in [3.8, 4) is 5.75 Å². The number of esters is 1. The Morgan fingerprint density at radius 3 is 2.05 bits per heavy atom. The number of nitrogens with two attached hydrogens (primary N) is 1. The van der Waals surface area contributed by atoms with Gasteiger partial charge in [-0.25, -0.2) is 9.59 Å². The summed E-state index contributed by atoms with van der Waals surface area (Å²) in [4.78, 5) is 112. The van der Waals surface area contributed by atoms with E-state index in [1.807, 2.05) is 0 Å². The minimum atomic E-state index is -2.05. The molecule has 1 aliphatic heterocycles. The molecule has 1 saturated heterocycles. The van der Waals surface area contributed by atoms with E-state index < -0.39 is 109 Å². The van der Waals surface area contributed by atoms with Gasteiger partial charge in [0.15, 0.2) is 6.10 Å². The van der Waals surface area contributed by atoms with Crippen LogP contribution < -0.4 is 37.1 Å². The van der Waals surface area contributed by atoms with Crippen LogP contribution in [0.4, 0.5) is 10.5 Å². The number of nitrogens with one attached hydrogen (secondary N) is 5. The Morgan fingerprint density at radius 1 is 0.797 bits per heavy atom. The largest absolute Gasteiger partial charge is 0.481 e. The van der Waals surface area contributed by atoms with Crippen LogP contribution in [0.15, 0.2) is 18.2 Å². The van der Waals surface area contributed by atoms with Crippen LogP contribution in [0.25, 0.3) is 0 Å². The minimum absolute atomic E-state index is 0.0242. The van der Waals surface area contributed by atoms with Gasteiger partial charge >= 0.3 is 23.9 Å². The number of carbonyl (C=O) groups is 9. The Balaban J connectivity index is 2.36. The molecule has 0 bridgehead atoms. The van der Waals surface area contributed by atoms with E-state index in [2.05, 4.69) is 26.6 Å². The topological polar surface area (TPSA) is 378 Å². The van der Waals surface area contributed by atoms with Crippen molar-refractivity contribution in [3.63, 3.8) is 0 Å². The Bertz CT molecular complexity index is 1810. The second-order valence-corrected chi connectivity index (χ2v) is 15.5. The fraction of sp³-hybridized carbons (Fsp3) is 0.625. The number of aliphatic hydroxyl groups is 3. The first-order valence-electron chi connectivity index (χ1n) is 20.4. The third kappa shape index (κ3) is 18.4. The van der Waals surface area contributed by atoms with E-state index in [1.165, 1.54) is 18.2 Å². The van der Waals surface area contributed by atoms with Crippen LogP contribution in [0.2, 0.25) is 0 Å². The standard InChI is InChI=1S/C40H60N6O18/c1-19(2)26(48)12-15-61-16-13-28(49)43-25(10-11-29(50)51)36(56)46-30(20(3)4)37(57)45-24(7-6-14-42-40(41)60)35(55)44-23-9-8-22(18-62-21(5)47)17-27(23)63-39-33(54)31(52)32(53)34(64-39)38(58)59/h8-9,17,19-20,24-25,30-34,39,52-54H,6-7,10-16,18H2,1-5H3,(H,43,49)(H,44,55)(H,45,57)(H,46,56)(H,50,51)(H,58,59)(H3,41,42,60)/t24-,25-,30-,31-,32-,33+,34-,39+/m0/s1.